The number of hydrogen-bond donors (Lipinski definition) is 1. The summed E-state index contributed by atoms with van der Waals surface area (Å²) in [4.78, 5) is 16.4. The molecule has 0 spiro atoms. The lowest BCUT2D eigenvalue weighted by atomic mass is 9.94. The SMILES string of the molecule is CN1CCCC(CC(=O)N2CCNCC2)C1. The minimum atomic E-state index is 0.363. The van der Waals surface area contributed by atoms with Crippen LogP contribution < -0.4 is 5.32 Å². The Balaban J connectivity index is 1.77. The number of nitrogens with one attached hydrogen (secondary N) is 1. The molecule has 2 saturated heterocycles. The molecule has 1 atom stereocenters. The Bertz CT molecular complexity index is 238. The van der Waals surface area contributed by atoms with Gasteiger partial charge in [0.25, 0.3) is 0 Å². The molecule has 0 bridgehead atoms. The molecule has 92 valence electrons. The quantitative estimate of drug-likeness (QED) is 0.726. The Kier molecular flexibility index (Phi) is 4.18. The number of amides is 1. The number of piperidine rings is 1. The van der Waals surface area contributed by atoms with Gasteiger partial charge in [-0.15, -0.1) is 0 Å². The van der Waals surface area contributed by atoms with Crippen LogP contribution in [0.5, 0.6) is 0 Å². The van der Waals surface area contributed by atoms with Crippen LogP contribution in [0.2, 0.25) is 0 Å². The van der Waals surface area contributed by atoms with E-state index in [9.17, 15) is 4.79 Å². The fraction of sp³-hybridized carbons (Fsp3) is 0.917. The third-order valence-electron chi connectivity index (χ3n) is 3.66. The summed E-state index contributed by atoms with van der Waals surface area (Å²) in [6.07, 6.45) is 3.22. The summed E-state index contributed by atoms with van der Waals surface area (Å²) in [5.74, 6) is 0.947. The molecule has 0 aromatic rings. The average Bonchev–Trinajstić information content (AvgIpc) is 2.30. The fourth-order valence-electron chi connectivity index (χ4n) is 2.73. The highest BCUT2D eigenvalue weighted by Gasteiger charge is 2.23. The average molecular weight is 225 g/mol. The lowest BCUT2D eigenvalue weighted by Gasteiger charge is -2.32. The molecule has 1 N–H and O–H groups in total. The molecule has 16 heavy (non-hydrogen) atoms. The second-order valence-electron chi connectivity index (χ2n) is 5.11. The molecule has 2 heterocycles. The molecule has 2 aliphatic rings. The molecule has 0 saturated carbocycles. The molecule has 0 aliphatic carbocycles. The summed E-state index contributed by atoms with van der Waals surface area (Å²) in [7, 11) is 2.15. The first-order valence-electron chi connectivity index (χ1n) is 6.43. The topological polar surface area (TPSA) is 35.6 Å². The van der Waals surface area contributed by atoms with Crippen molar-refractivity contribution in [1.29, 1.82) is 0 Å². The number of piperazine rings is 1. The first-order chi connectivity index (χ1) is 7.75. The van der Waals surface area contributed by atoms with Crippen LogP contribution in [0.15, 0.2) is 0 Å². The Labute approximate surface area is 98.0 Å². The maximum atomic E-state index is 12.1. The van der Waals surface area contributed by atoms with Crippen LogP contribution in [0, 0.1) is 5.92 Å². The van der Waals surface area contributed by atoms with Gasteiger partial charge in [-0.3, -0.25) is 4.79 Å². The highest BCUT2D eigenvalue weighted by Crippen LogP contribution is 2.19. The largest absolute Gasteiger partial charge is 0.340 e. The molecule has 0 radical (unpaired) electrons. The van der Waals surface area contributed by atoms with Crippen molar-refractivity contribution in [3.8, 4) is 0 Å². The van der Waals surface area contributed by atoms with Gasteiger partial charge in [0.1, 0.15) is 0 Å². The predicted octanol–water partition coefficient (Wildman–Crippen LogP) is 0.150. The summed E-state index contributed by atoms with van der Waals surface area (Å²) < 4.78 is 0. The zero-order chi connectivity index (χ0) is 11.4. The highest BCUT2D eigenvalue weighted by molar-refractivity contribution is 5.76. The maximum Gasteiger partial charge on any atom is 0.222 e. The number of carbonyl (C=O) groups is 1. The number of nitrogens with zero attached hydrogens (tertiary/aromatic N) is 2. The molecule has 0 aromatic carbocycles. The molecule has 1 unspecified atom stereocenters. The summed E-state index contributed by atoms with van der Waals surface area (Å²) in [6, 6.07) is 0. The van der Waals surface area contributed by atoms with Crippen molar-refractivity contribution >= 4 is 5.91 Å². The standard InChI is InChI=1S/C12H23N3O/c1-14-6-2-3-11(10-14)9-12(16)15-7-4-13-5-8-15/h11,13H,2-10H2,1H3. The monoisotopic (exact) mass is 225 g/mol. The van der Waals surface area contributed by atoms with Crippen LogP contribution in [0.1, 0.15) is 19.3 Å². The Hall–Kier alpha value is -0.610. The molecule has 4 nitrogen and oxygen atoms in total. The first-order valence-corrected chi connectivity index (χ1v) is 6.43. The van der Waals surface area contributed by atoms with Gasteiger partial charge in [-0.2, -0.15) is 0 Å². The summed E-state index contributed by atoms with van der Waals surface area (Å²) in [5, 5.41) is 3.28. The summed E-state index contributed by atoms with van der Waals surface area (Å²) >= 11 is 0. The van der Waals surface area contributed by atoms with Crippen molar-refractivity contribution in [3.05, 3.63) is 0 Å². The summed E-state index contributed by atoms with van der Waals surface area (Å²) in [5.41, 5.74) is 0. The van der Waals surface area contributed by atoms with E-state index in [1.165, 1.54) is 19.4 Å². The number of rotatable bonds is 2. The highest BCUT2D eigenvalue weighted by atomic mass is 16.2. The molecule has 4 heteroatoms. The van der Waals surface area contributed by atoms with Crippen LogP contribution in [0.3, 0.4) is 0 Å². The van der Waals surface area contributed by atoms with Crippen molar-refractivity contribution in [2.75, 3.05) is 46.3 Å². The molecular formula is C12H23N3O. The van der Waals surface area contributed by atoms with Crippen LogP contribution in [0.25, 0.3) is 0 Å². The predicted molar refractivity (Wildman–Crippen MR) is 64.3 cm³/mol. The van der Waals surface area contributed by atoms with Crippen LogP contribution in [-0.4, -0.2) is 62.0 Å². The molecule has 1 amide bonds. The molecule has 0 aromatic heterocycles. The lowest BCUT2D eigenvalue weighted by molar-refractivity contribution is -0.133. The smallest absolute Gasteiger partial charge is 0.222 e. The van der Waals surface area contributed by atoms with Crippen LogP contribution in [0.4, 0.5) is 0 Å². The zero-order valence-electron chi connectivity index (χ0n) is 10.2. The molecular weight excluding hydrogens is 202 g/mol. The van der Waals surface area contributed by atoms with Gasteiger partial charge in [-0.1, -0.05) is 0 Å². The minimum absolute atomic E-state index is 0.363. The van der Waals surface area contributed by atoms with Crippen molar-refractivity contribution in [1.82, 2.24) is 15.1 Å². The summed E-state index contributed by atoms with van der Waals surface area (Å²) in [6.45, 7) is 5.98. The van der Waals surface area contributed by atoms with E-state index in [-0.39, 0.29) is 0 Å². The zero-order valence-corrected chi connectivity index (χ0v) is 10.2. The van der Waals surface area contributed by atoms with Gasteiger partial charge in [-0.25, -0.2) is 0 Å². The molecule has 2 fully saturated rings. The van der Waals surface area contributed by atoms with E-state index in [1.54, 1.807) is 0 Å². The number of hydrogen-bond acceptors (Lipinski definition) is 3. The minimum Gasteiger partial charge on any atom is -0.340 e. The van der Waals surface area contributed by atoms with Crippen LogP contribution in [-0.2, 0) is 4.79 Å². The van der Waals surface area contributed by atoms with E-state index >= 15 is 0 Å². The van der Waals surface area contributed by atoms with Gasteiger partial charge >= 0.3 is 0 Å². The van der Waals surface area contributed by atoms with E-state index in [0.29, 0.717) is 11.8 Å². The maximum absolute atomic E-state index is 12.1. The van der Waals surface area contributed by atoms with Gasteiger partial charge in [0.2, 0.25) is 5.91 Å². The van der Waals surface area contributed by atoms with E-state index in [1.807, 2.05) is 4.90 Å². The Morgan fingerprint density at radius 1 is 1.31 bits per heavy atom. The number of likely N-dealkylation sites (tertiary alicyclic amines) is 1. The van der Waals surface area contributed by atoms with E-state index in [4.69, 9.17) is 0 Å². The Morgan fingerprint density at radius 3 is 2.75 bits per heavy atom. The van der Waals surface area contributed by atoms with Gasteiger partial charge < -0.3 is 15.1 Å². The van der Waals surface area contributed by atoms with Crippen molar-refractivity contribution in [2.24, 2.45) is 5.92 Å². The normalized spacial score (nSPS) is 28.1. The molecule has 2 rings (SSSR count). The second-order valence-corrected chi connectivity index (χ2v) is 5.11. The molecule has 2 aliphatic heterocycles. The second kappa shape index (κ2) is 5.64. The van der Waals surface area contributed by atoms with Crippen molar-refractivity contribution < 1.29 is 4.79 Å². The van der Waals surface area contributed by atoms with Crippen LogP contribution >= 0.6 is 0 Å². The first kappa shape index (κ1) is 11.9. The fourth-order valence-corrected chi connectivity index (χ4v) is 2.73. The Morgan fingerprint density at radius 2 is 2.06 bits per heavy atom. The lowest BCUT2D eigenvalue weighted by Crippen LogP contribution is -2.47. The third-order valence-corrected chi connectivity index (χ3v) is 3.66. The van der Waals surface area contributed by atoms with E-state index in [0.717, 1.165) is 39.1 Å². The van der Waals surface area contributed by atoms with E-state index < -0.39 is 0 Å². The van der Waals surface area contributed by atoms with Crippen molar-refractivity contribution in [2.45, 2.75) is 19.3 Å². The van der Waals surface area contributed by atoms with Gasteiger partial charge in [-0.05, 0) is 32.4 Å². The van der Waals surface area contributed by atoms with Gasteiger partial charge in [0, 0.05) is 39.1 Å². The van der Waals surface area contributed by atoms with Gasteiger partial charge in [0.15, 0.2) is 0 Å². The van der Waals surface area contributed by atoms with E-state index in [2.05, 4.69) is 17.3 Å². The number of carbonyl (C=O) groups excluding carboxylic acids is 1. The van der Waals surface area contributed by atoms with Gasteiger partial charge in [0.05, 0.1) is 0 Å². The third kappa shape index (κ3) is 3.19. The van der Waals surface area contributed by atoms with Crippen molar-refractivity contribution in [3.63, 3.8) is 0 Å².